The van der Waals surface area contributed by atoms with Crippen LogP contribution >= 0.6 is 0 Å². The summed E-state index contributed by atoms with van der Waals surface area (Å²) in [5.41, 5.74) is 5.58. The molecule has 0 spiro atoms. The van der Waals surface area contributed by atoms with Gasteiger partial charge >= 0.3 is 0 Å². The zero-order valence-electron chi connectivity index (χ0n) is 12.3. The Labute approximate surface area is 116 Å². The van der Waals surface area contributed by atoms with Crippen molar-refractivity contribution in [3.05, 3.63) is 35.4 Å². The molecule has 2 unspecified atom stereocenters. The van der Waals surface area contributed by atoms with Gasteiger partial charge in [-0.3, -0.25) is 11.3 Å². The number of hydrogen-bond donors (Lipinski definition) is 2. The van der Waals surface area contributed by atoms with Gasteiger partial charge in [-0.15, -0.1) is 0 Å². The summed E-state index contributed by atoms with van der Waals surface area (Å²) in [5, 5.41) is 0. The predicted octanol–water partition coefficient (Wildman–Crippen LogP) is 1.14. The molecule has 2 atom stereocenters. The third-order valence-corrected chi connectivity index (χ3v) is 4.08. The van der Waals surface area contributed by atoms with Crippen molar-refractivity contribution in [3.8, 4) is 0 Å². The zero-order chi connectivity index (χ0) is 13.8. The Balaban J connectivity index is 2.24. The fourth-order valence-electron chi connectivity index (χ4n) is 2.96. The Morgan fingerprint density at radius 1 is 1.32 bits per heavy atom. The van der Waals surface area contributed by atoms with E-state index in [2.05, 4.69) is 60.5 Å². The van der Waals surface area contributed by atoms with Crippen LogP contribution < -0.4 is 11.3 Å². The molecule has 1 aromatic rings. The molecule has 1 aliphatic heterocycles. The molecule has 0 amide bonds. The molecule has 2 rings (SSSR count). The van der Waals surface area contributed by atoms with E-state index < -0.39 is 0 Å². The molecule has 19 heavy (non-hydrogen) atoms. The van der Waals surface area contributed by atoms with E-state index in [9.17, 15) is 0 Å². The van der Waals surface area contributed by atoms with Gasteiger partial charge in [0.25, 0.3) is 0 Å². The topological polar surface area (TPSA) is 44.5 Å². The SMILES string of the molecule is Cc1cccc(C(NN)C2CN(C)CCCN2C)c1. The summed E-state index contributed by atoms with van der Waals surface area (Å²) < 4.78 is 0. The number of hydrogen-bond acceptors (Lipinski definition) is 4. The number of nitrogens with one attached hydrogen (secondary N) is 1. The number of aryl methyl sites for hydroxylation is 1. The van der Waals surface area contributed by atoms with Crippen LogP contribution in [0.1, 0.15) is 23.6 Å². The standard InChI is InChI=1S/C15H26N4/c1-12-6-4-7-13(10-12)15(17-16)14-11-18(2)8-5-9-19(14)3/h4,6-7,10,14-15,17H,5,8-9,11,16H2,1-3H3. The molecule has 0 aromatic heterocycles. The van der Waals surface area contributed by atoms with Crippen molar-refractivity contribution in [1.82, 2.24) is 15.2 Å². The molecule has 1 aliphatic rings. The molecule has 1 fully saturated rings. The monoisotopic (exact) mass is 262 g/mol. The van der Waals surface area contributed by atoms with E-state index in [1.807, 2.05) is 0 Å². The van der Waals surface area contributed by atoms with E-state index in [1.54, 1.807) is 0 Å². The summed E-state index contributed by atoms with van der Waals surface area (Å²) in [4.78, 5) is 4.82. The minimum Gasteiger partial charge on any atom is -0.305 e. The molecule has 4 nitrogen and oxygen atoms in total. The van der Waals surface area contributed by atoms with E-state index in [4.69, 9.17) is 5.84 Å². The fourth-order valence-corrected chi connectivity index (χ4v) is 2.96. The molecule has 0 radical (unpaired) electrons. The van der Waals surface area contributed by atoms with Gasteiger partial charge in [0.05, 0.1) is 6.04 Å². The Bertz CT molecular complexity index is 407. The number of nitrogens with two attached hydrogens (primary N) is 1. The molecule has 3 N–H and O–H groups in total. The molecule has 1 saturated heterocycles. The molecule has 106 valence electrons. The highest BCUT2D eigenvalue weighted by molar-refractivity contribution is 5.26. The van der Waals surface area contributed by atoms with Gasteiger partial charge in [0.2, 0.25) is 0 Å². The maximum Gasteiger partial charge on any atom is 0.0627 e. The lowest BCUT2D eigenvalue weighted by atomic mass is 9.97. The van der Waals surface area contributed by atoms with Crippen LogP contribution in [0.5, 0.6) is 0 Å². The van der Waals surface area contributed by atoms with Crippen LogP contribution in [-0.4, -0.2) is 49.6 Å². The van der Waals surface area contributed by atoms with Crippen LogP contribution in [0.4, 0.5) is 0 Å². The number of likely N-dealkylation sites (N-methyl/N-ethyl adjacent to an activating group) is 2. The van der Waals surface area contributed by atoms with Crippen molar-refractivity contribution >= 4 is 0 Å². The van der Waals surface area contributed by atoms with Crippen molar-refractivity contribution < 1.29 is 0 Å². The summed E-state index contributed by atoms with van der Waals surface area (Å²) in [6.45, 7) is 5.45. The maximum absolute atomic E-state index is 5.85. The van der Waals surface area contributed by atoms with Crippen LogP contribution in [-0.2, 0) is 0 Å². The Morgan fingerprint density at radius 2 is 2.11 bits per heavy atom. The van der Waals surface area contributed by atoms with Crippen LogP contribution in [0.2, 0.25) is 0 Å². The molecular weight excluding hydrogens is 236 g/mol. The molecule has 4 heteroatoms. The average Bonchev–Trinajstić information content (AvgIpc) is 2.53. The van der Waals surface area contributed by atoms with Crippen LogP contribution in [0.15, 0.2) is 24.3 Å². The van der Waals surface area contributed by atoms with Gasteiger partial charge < -0.3 is 9.80 Å². The highest BCUT2D eigenvalue weighted by Crippen LogP contribution is 2.23. The lowest BCUT2D eigenvalue weighted by Crippen LogP contribution is -2.48. The van der Waals surface area contributed by atoms with Gasteiger partial charge in [0.15, 0.2) is 0 Å². The van der Waals surface area contributed by atoms with Crippen molar-refractivity contribution in [2.45, 2.75) is 25.4 Å². The maximum atomic E-state index is 5.85. The quantitative estimate of drug-likeness (QED) is 0.633. The summed E-state index contributed by atoms with van der Waals surface area (Å²) >= 11 is 0. The minimum absolute atomic E-state index is 0.172. The first-order chi connectivity index (χ1) is 9.11. The van der Waals surface area contributed by atoms with Crippen LogP contribution in [0.25, 0.3) is 0 Å². The number of nitrogens with zero attached hydrogens (tertiary/aromatic N) is 2. The normalized spacial score (nSPS) is 24.1. The molecule has 0 saturated carbocycles. The average molecular weight is 262 g/mol. The third kappa shape index (κ3) is 3.54. The summed E-state index contributed by atoms with van der Waals surface area (Å²) in [5.74, 6) is 5.85. The molecule has 1 aromatic carbocycles. The van der Waals surface area contributed by atoms with Crippen molar-refractivity contribution in [3.63, 3.8) is 0 Å². The Hall–Kier alpha value is -0.940. The fraction of sp³-hybridized carbons (Fsp3) is 0.600. The zero-order valence-corrected chi connectivity index (χ0v) is 12.3. The van der Waals surface area contributed by atoms with Crippen LogP contribution in [0, 0.1) is 6.92 Å². The number of benzene rings is 1. The van der Waals surface area contributed by atoms with Gasteiger partial charge in [-0.25, -0.2) is 0 Å². The van der Waals surface area contributed by atoms with Gasteiger partial charge in [0.1, 0.15) is 0 Å². The van der Waals surface area contributed by atoms with Crippen molar-refractivity contribution in [1.29, 1.82) is 0 Å². The smallest absolute Gasteiger partial charge is 0.0627 e. The predicted molar refractivity (Wildman–Crippen MR) is 79.8 cm³/mol. The highest BCUT2D eigenvalue weighted by atomic mass is 15.3. The largest absolute Gasteiger partial charge is 0.305 e. The molecule has 1 heterocycles. The summed E-state index contributed by atoms with van der Waals surface area (Å²) in [7, 11) is 4.39. The highest BCUT2D eigenvalue weighted by Gasteiger charge is 2.28. The Kier molecular flexibility index (Phi) is 4.93. The van der Waals surface area contributed by atoms with E-state index >= 15 is 0 Å². The van der Waals surface area contributed by atoms with Gasteiger partial charge in [0, 0.05) is 12.6 Å². The second-order valence-corrected chi connectivity index (χ2v) is 5.72. The molecule has 0 bridgehead atoms. The minimum atomic E-state index is 0.172. The second kappa shape index (κ2) is 6.48. The van der Waals surface area contributed by atoms with Gasteiger partial charge in [-0.2, -0.15) is 0 Å². The molecular formula is C15H26N4. The summed E-state index contributed by atoms with van der Waals surface area (Å²) in [6.07, 6.45) is 1.22. The third-order valence-electron chi connectivity index (χ3n) is 4.08. The van der Waals surface area contributed by atoms with Crippen LogP contribution in [0.3, 0.4) is 0 Å². The number of hydrazine groups is 1. The summed E-state index contributed by atoms with van der Waals surface area (Å²) in [6, 6.07) is 9.19. The first-order valence-electron chi connectivity index (χ1n) is 7.03. The van der Waals surface area contributed by atoms with E-state index in [-0.39, 0.29) is 6.04 Å². The first-order valence-corrected chi connectivity index (χ1v) is 7.03. The van der Waals surface area contributed by atoms with Crippen molar-refractivity contribution in [2.75, 3.05) is 33.7 Å². The number of rotatable bonds is 3. The lowest BCUT2D eigenvalue weighted by Gasteiger charge is -2.34. The van der Waals surface area contributed by atoms with Crippen molar-refractivity contribution in [2.24, 2.45) is 5.84 Å². The second-order valence-electron chi connectivity index (χ2n) is 5.72. The van der Waals surface area contributed by atoms with Gasteiger partial charge in [-0.05, 0) is 46.1 Å². The van der Waals surface area contributed by atoms with E-state index in [0.717, 1.165) is 19.6 Å². The Morgan fingerprint density at radius 3 is 2.79 bits per heavy atom. The first kappa shape index (κ1) is 14.5. The van der Waals surface area contributed by atoms with Gasteiger partial charge in [-0.1, -0.05) is 29.8 Å². The van der Waals surface area contributed by atoms with E-state index in [1.165, 1.54) is 17.5 Å². The lowest BCUT2D eigenvalue weighted by molar-refractivity contribution is 0.178. The molecule has 0 aliphatic carbocycles. The van der Waals surface area contributed by atoms with E-state index in [0.29, 0.717) is 6.04 Å².